The van der Waals surface area contributed by atoms with Crippen LogP contribution in [0.1, 0.15) is 70.6 Å². The fourth-order valence-corrected chi connectivity index (χ4v) is 3.48. The predicted molar refractivity (Wildman–Crippen MR) is 76.8 cm³/mol. The Morgan fingerprint density at radius 1 is 1.05 bits per heavy atom. The summed E-state index contributed by atoms with van der Waals surface area (Å²) in [7, 11) is 0. The average molecular weight is 278 g/mol. The highest BCUT2D eigenvalue weighted by Crippen LogP contribution is 2.35. The Morgan fingerprint density at radius 2 is 1.65 bits per heavy atom. The van der Waals surface area contributed by atoms with Crippen LogP contribution in [0, 0.1) is 16.7 Å². The van der Waals surface area contributed by atoms with Crippen molar-refractivity contribution in [2.24, 2.45) is 5.41 Å². The van der Waals surface area contributed by atoms with Crippen molar-refractivity contribution < 1.29 is 9.90 Å². The number of nitrogens with zero attached hydrogens (tertiary/aromatic N) is 1. The molecule has 0 aromatic rings. The highest BCUT2D eigenvalue weighted by Gasteiger charge is 2.40. The average Bonchev–Trinajstić information content (AvgIpc) is 2.81. The summed E-state index contributed by atoms with van der Waals surface area (Å²) < 4.78 is 0. The fraction of sp³-hybridized carbons (Fsp3) is 0.875. The first-order chi connectivity index (χ1) is 9.68. The monoisotopic (exact) mass is 278 g/mol. The highest BCUT2D eigenvalue weighted by atomic mass is 16.3. The summed E-state index contributed by atoms with van der Waals surface area (Å²) in [6.07, 6.45) is 9.78. The lowest BCUT2D eigenvalue weighted by Gasteiger charge is -2.29. The molecule has 112 valence electrons. The van der Waals surface area contributed by atoms with Gasteiger partial charge in [0.15, 0.2) is 0 Å². The molecule has 4 nitrogen and oxygen atoms in total. The van der Waals surface area contributed by atoms with Crippen molar-refractivity contribution in [2.45, 2.75) is 82.8 Å². The molecule has 0 spiro atoms. The number of aliphatic hydroxyl groups excluding tert-OH is 1. The van der Waals surface area contributed by atoms with Gasteiger partial charge < -0.3 is 10.4 Å². The largest absolute Gasteiger partial charge is 0.391 e. The number of carbonyl (C=O) groups is 1. The van der Waals surface area contributed by atoms with E-state index in [1.165, 1.54) is 0 Å². The Bertz CT molecular complexity index is 367. The SMILES string of the molecule is N#CC1(C(=O)NC2CCCCCC2O)CCCCCC1. The van der Waals surface area contributed by atoms with Gasteiger partial charge in [0.1, 0.15) is 5.41 Å². The van der Waals surface area contributed by atoms with E-state index in [9.17, 15) is 15.2 Å². The molecule has 0 aromatic heterocycles. The quantitative estimate of drug-likeness (QED) is 0.763. The zero-order valence-electron chi connectivity index (χ0n) is 12.2. The van der Waals surface area contributed by atoms with Crippen molar-refractivity contribution in [1.29, 1.82) is 5.26 Å². The van der Waals surface area contributed by atoms with Gasteiger partial charge in [-0.05, 0) is 25.7 Å². The Hall–Kier alpha value is -1.08. The molecular weight excluding hydrogens is 252 g/mol. The van der Waals surface area contributed by atoms with E-state index in [-0.39, 0.29) is 11.9 Å². The van der Waals surface area contributed by atoms with Crippen LogP contribution in [-0.2, 0) is 4.79 Å². The molecule has 4 heteroatoms. The van der Waals surface area contributed by atoms with Crippen molar-refractivity contribution in [3.05, 3.63) is 0 Å². The highest BCUT2D eigenvalue weighted by molar-refractivity contribution is 5.85. The molecule has 1 amide bonds. The minimum absolute atomic E-state index is 0.146. The summed E-state index contributed by atoms with van der Waals surface area (Å²) in [6.45, 7) is 0. The van der Waals surface area contributed by atoms with Crippen LogP contribution >= 0.6 is 0 Å². The van der Waals surface area contributed by atoms with Crippen LogP contribution in [-0.4, -0.2) is 23.2 Å². The maximum atomic E-state index is 12.6. The molecule has 0 aromatic carbocycles. The molecule has 2 atom stereocenters. The second kappa shape index (κ2) is 7.08. The van der Waals surface area contributed by atoms with E-state index < -0.39 is 11.5 Å². The maximum Gasteiger partial charge on any atom is 0.240 e. The molecular formula is C16H26N2O2. The number of hydrogen-bond acceptors (Lipinski definition) is 3. The van der Waals surface area contributed by atoms with Gasteiger partial charge in [0.2, 0.25) is 5.91 Å². The molecule has 20 heavy (non-hydrogen) atoms. The van der Waals surface area contributed by atoms with Gasteiger partial charge in [0.25, 0.3) is 0 Å². The van der Waals surface area contributed by atoms with Gasteiger partial charge in [-0.3, -0.25) is 4.79 Å². The van der Waals surface area contributed by atoms with E-state index in [1.54, 1.807) is 0 Å². The van der Waals surface area contributed by atoms with E-state index in [2.05, 4.69) is 11.4 Å². The lowest BCUT2D eigenvalue weighted by molar-refractivity contribution is -0.130. The minimum Gasteiger partial charge on any atom is -0.391 e. The summed E-state index contributed by atoms with van der Waals surface area (Å²) >= 11 is 0. The number of nitrogens with one attached hydrogen (secondary N) is 1. The van der Waals surface area contributed by atoms with E-state index >= 15 is 0 Å². The van der Waals surface area contributed by atoms with Gasteiger partial charge in [0.05, 0.1) is 18.2 Å². The molecule has 2 rings (SSSR count). The van der Waals surface area contributed by atoms with Crippen molar-refractivity contribution in [3.63, 3.8) is 0 Å². The molecule has 2 fully saturated rings. The number of hydrogen-bond donors (Lipinski definition) is 2. The van der Waals surface area contributed by atoms with Crippen LogP contribution in [0.2, 0.25) is 0 Å². The standard InChI is InChI=1S/C16H26N2O2/c17-12-16(10-6-1-2-7-11-16)15(20)18-13-8-4-3-5-9-14(13)19/h13-14,19H,1-11H2,(H,18,20). The number of amides is 1. The molecule has 2 N–H and O–H groups in total. The molecule has 2 aliphatic rings. The second-order valence-corrected chi connectivity index (χ2v) is 6.39. The third kappa shape index (κ3) is 3.52. The van der Waals surface area contributed by atoms with Crippen molar-refractivity contribution in [1.82, 2.24) is 5.32 Å². The molecule has 2 unspecified atom stereocenters. The van der Waals surface area contributed by atoms with E-state index in [1.807, 2.05) is 0 Å². The number of rotatable bonds is 2. The maximum absolute atomic E-state index is 12.6. The number of aliphatic hydroxyl groups is 1. The molecule has 0 aliphatic heterocycles. The second-order valence-electron chi connectivity index (χ2n) is 6.39. The normalized spacial score (nSPS) is 30.6. The zero-order valence-corrected chi connectivity index (χ0v) is 12.2. The van der Waals surface area contributed by atoms with Gasteiger partial charge in [0, 0.05) is 0 Å². The van der Waals surface area contributed by atoms with Crippen LogP contribution in [0.3, 0.4) is 0 Å². The Morgan fingerprint density at radius 3 is 2.30 bits per heavy atom. The van der Waals surface area contributed by atoms with Crippen molar-refractivity contribution >= 4 is 5.91 Å². The van der Waals surface area contributed by atoms with Crippen LogP contribution < -0.4 is 5.32 Å². The van der Waals surface area contributed by atoms with Crippen LogP contribution in [0.4, 0.5) is 0 Å². The van der Waals surface area contributed by atoms with Gasteiger partial charge in [-0.15, -0.1) is 0 Å². The Labute approximate surface area is 121 Å². The zero-order chi connectivity index (χ0) is 14.4. The van der Waals surface area contributed by atoms with Crippen LogP contribution in [0.5, 0.6) is 0 Å². The first-order valence-electron chi connectivity index (χ1n) is 8.08. The van der Waals surface area contributed by atoms with Gasteiger partial charge >= 0.3 is 0 Å². The van der Waals surface area contributed by atoms with E-state index in [0.29, 0.717) is 12.8 Å². The fourth-order valence-electron chi connectivity index (χ4n) is 3.48. The van der Waals surface area contributed by atoms with Crippen LogP contribution in [0.15, 0.2) is 0 Å². The van der Waals surface area contributed by atoms with Gasteiger partial charge in [-0.1, -0.05) is 44.9 Å². The lowest BCUT2D eigenvalue weighted by Crippen LogP contribution is -2.49. The molecule has 0 saturated heterocycles. The molecule has 2 aliphatic carbocycles. The molecule has 0 bridgehead atoms. The first kappa shape index (κ1) is 15.3. The Balaban J connectivity index is 2.02. The molecule has 0 heterocycles. The first-order valence-corrected chi connectivity index (χ1v) is 8.08. The van der Waals surface area contributed by atoms with Crippen molar-refractivity contribution in [2.75, 3.05) is 0 Å². The summed E-state index contributed by atoms with van der Waals surface area (Å²) in [5.74, 6) is -0.146. The summed E-state index contributed by atoms with van der Waals surface area (Å²) in [5.41, 5.74) is -0.859. The summed E-state index contributed by atoms with van der Waals surface area (Å²) in [5, 5.41) is 22.6. The summed E-state index contributed by atoms with van der Waals surface area (Å²) in [4.78, 5) is 12.6. The third-order valence-corrected chi connectivity index (χ3v) is 4.90. The van der Waals surface area contributed by atoms with Crippen molar-refractivity contribution in [3.8, 4) is 6.07 Å². The van der Waals surface area contributed by atoms with Gasteiger partial charge in [-0.2, -0.15) is 5.26 Å². The lowest BCUT2D eigenvalue weighted by atomic mass is 9.80. The Kier molecular flexibility index (Phi) is 5.42. The van der Waals surface area contributed by atoms with E-state index in [4.69, 9.17) is 0 Å². The van der Waals surface area contributed by atoms with Crippen LogP contribution in [0.25, 0.3) is 0 Å². The summed E-state index contributed by atoms with van der Waals surface area (Å²) in [6, 6.07) is 2.12. The van der Waals surface area contributed by atoms with Gasteiger partial charge in [-0.25, -0.2) is 0 Å². The number of carbonyl (C=O) groups excluding carboxylic acids is 1. The molecule has 0 radical (unpaired) electrons. The third-order valence-electron chi connectivity index (χ3n) is 4.90. The smallest absolute Gasteiger partial charge is 0.240 e. The predicted octanol–water partition coefficient (Wildman–Crippen LogP) is 2.66. The minimum atomic E-state index is -0.859. The molecule has 2 saturated carbocycles. The number of nitriles is 1. The topological polar surface area (TPSA) is 73.1 Å². The van der Waals surface area contributed by atoms with E-state index in [0.717, 1.165) is 57.8 Å².